The zero-order chi connectivity index (χ0) is 10.8. The number of phenolic OH excluding ortho intramolecular Hbond substituents is 1. The number of hydrogen-bond donors (Lipinski definition) is 2. The van der Waals surface area contributed by atoms with Crippen LogP contribution >= 0.6 is 12.4 Å². The van der Waals surface area contributed by atoms with E-state index in [9.17, 15) is 9.90 Å². The fourth-order valence-corrected chi connectivity index (χ4v) is 1.49. The van der Waals surface area contributed by atoms with Crippen LogP contribution in [0.5, 0.6) is 11.5 Å². The molecule has 1 aromatic rings. The Hall–Kier alpha value is -1.62. The number of rotatable bonds is 2. The fraction of sp³-hybridized carbons (Fsp3) is 0.300. The van der Waals surface area contributed by atoms with Gasteiger partial charge in [-0.25, -0.2) is 4.79 Å². The molecule has 6 heteroatoms. The van der Waals surface area contributed by atoms with Crippen molar-refractivity contribution in [2.75, 3.05) is 13.7 Å². The zero-order valence-corrected chi connectivity index (χ0v) is 9.41. The molecule has 2 rings (SSSR count). The van der Waals surface area contributed by atoms with E-state index in [2.05, 4.69) is 5.32 Å². The Morgan fingerprint density at radius 1 is 1.56 bits per heavy atom. The number of ether oxygens (including phenoxy) is 2. The van der Waals surface area contributed by atoms with Crippen molar-refractivity contribution >= 4 is 18.5 Å². The van der Waals surface area contributed by atoms with Gasteiger partial charge in [-0.2, -0.15) is 0 Å². The third kappa shape index (κ3) is 2.30. The van der Waals surface area contributed by atoms with Crippen molar-refractivity contribution in [3.05, 3.63) is 23.8 Å². The minimum Gasteiger partial charge on any atom is -0.504 e. The van der Waals surface area contributed by atoms with E-state index in [1.165, 1.54) is 7.11 Å². The molecular formula is C10H12ClNO4. The smallest absolute Gasteiger partial charge is 0.407 e. The van der Waals surface area contributed by atoms with E-state index in [0.717, 1.165) is 5.56 Å². The van der Waals surface area contributed by atoms with Crippen LogP contribution in [0.3, 0.4) is 0 Å². The maximum atomic E-state index is 10.8. The van der Waals surface area contributed by atoms with E-state index in [1.807, 2.05) is 0 Å². The average molecular weight is 246 g/mol. The first-order chi connectivity index (χ1) is 7.20. The van der Waals surface area contributed by atoms with Gasteiger partial charge in [-0.3, -0.25) is 0 Å². The number of phenols is 1. The van der Waals surface area contributed by atoms with Gasteiger partial charge in [0.25, 0.3) is 0 Å². The third-order valence-corrected chi connectivity index (χ3v) is 2.28. The minimum absolute atomic E-state index is 0. The summed E-state index contributed by atoms with van der Waals surface area (Å²) in [6, 6.07) is 4.78. The molecule has 0 aromatic heterocycles. The molecule has 1 aliphatic heterocycles. The number of carbonyl (C=O) groups is 1. The summed E-state index contributed by atoms with van der Waals surface area (Å²) in [5.74, 6) is 0.458. The monoisotopic (exact) mass is 245 g/mol. The summed E-state index contributed by atoms with van der Waals surface area (Å²) in [6.07, 6.45) is -0.435. The molecule has 0 radical (unpaired) electrons. The maximum Gasteiger partial charge on any atom is 0.407 e. The van der Waals surface area contributed by atoms with Crippen LogP contribution in [-0.4, -0.2) is 24.9 Å². The Bertz CT molecular complexity index is 396. The lowest BCUT2D eigenvalue weighted by atomic mass is 10.1. The van der Waals surface area contributed by atoms with Gasteiger partial charge in [-0.1, -0.05) is 6.07 Å². The summed E-state index contributed by atoms with van der Waals surface area (Å²) >= 11 is 0. The molecule has 1 saturated heterocycles. The van der Waals surface area contributed by atoms with Gasteiger partial charge in [0, 0.05) is 0 Å². The minimum atomic E-state index is -0.435. The number of halogens is 1. The van der Waals surface area contributed by atoms with Crippen molar-refractivity contribution in [3.8, 4) is 11.5 Å². The lowest BCUT2D eigenvalue weighted by Gasteiger charge is -2.09. The third-order valence-electron chi connectivity index (χ3n) is 2.28. The van der Waals surface area contributed by atoms with E-state index in [4.69, 9.17) is 9.47 Å². The molecule has 88 valence electrons. The van der Waals surface area contributed by atoms with E-state index in [-0.39, 0.29) is 30.8 Å². The molecule has 1 aromatic carbocycles. The molecule has 2 N–H and O–H groups in total. The summed E-state index contributed by atoms with van der Waals surface area (Å²) < 4.78 is 9.67. The van der Waals surface area contributed by atoms with Crippen LogP contribution in [0.15, 0.2) is 18.2 Å². The average Bonchev–Trinajstić information content (AvgIpc) is 2.65. The first-order valence-corrected chi connectivity index (χ1v) is 4.51. The number of aromatic hydroxyl groups is 1. The second-order valence-corrected chi connectivity index (χ2v) is 3.23. The van der Waals surface area contributed by atoms with Gasteiger partial charge in [0.2, 0.25) is 0 Å². The lowest BCUT2D eigenvalue weighted by molar-refractivity contribution is 0.177. The van der Waals surface area contributed by atoms with Crippen LogP contribution in [0.4, 0.5) is 4.79 Å². The molecule has 1 atom stereocenters. The van der Waals surface area contributed by atoms with Gasteiger partial charge >= 0.3 is 6.09 Å². The summed E-state index contributed by atoms with van der Waals surface area (Å²) in [4.78, 5) is 10.8. The highest BCUT2D eigenvalue weighted by Crippen LogP contribution is 2.29. The summed E-state index contributed by atoms with van der Waals surface area (Å²) in [5, 5.41) is 12.2. The van der Waals surface area contributed by atoms with Crippen molar-refractivity contribution in [3.63, 3.8) is 0 Å². The number of benzene rings is 1. The quantitative estimate of drug-likeness (QED) is 0.831. The second kappa shape index (κ2) is 4.94. The Kier molecular flexibility index (Phi) is 3.84. The van der Waals surface area contributed by atoms with E-state index >= 15 is 0 Å². The fourth-order valence-electron chi connectivity index (χ4n) is 1.49. The highest BCUT2D eigenvalue weighted by Gasteiger charge is 2.24. The molecule has 0 aliphatic carbocycles. The van der Waals surface area contributed by atoms with Crippen molar-refractivity contribution in [2.45, 2.75) is 6.04 Å². The van der Waals surface area contributed by atoms with E-state index in [1.54, 1.807) is 18.2 Å². The topological polar surface area (TPSA) is 67.8 Å². The number of cyclic esters (lactones) is 1. The molecular weight excluding hydrogens is 234 g/mol. The van der Waals surface area contributed by atoms with Gasteiger partial charge < -0.3 is 19.9 Å². The normalized spacial score (nSPS) is 18.3. The second-order valence-electron chi connectivity index (χ2n) is 3.23. The molecule has 1 aliphatic rings. The summed E-state index contributed by atoms with van der Waals surface area (Å²) in [7, 11) is 1.48. The molecule has 0 saturated carbocycles. The van der Waals surface area contributed by atoms with E-state index in [0.29, 0.717) is 5.75 Å². The Balaban J connectivity index is 0.00000128. The molecule has 1 amide bonds. The molecule has 0 unspecified atom stereocenters. The molecule has 0 spiro atoms. The number of hydrogen-bond acceptors (Lipinski definition) is 4. The first-order valence-electron chi connectivity index (χ1n) is 4.51. The van der Waals surface area contributed by atoms with Gasteiger partial charge in [-0.05, 0) is 17.7 Å². The number of nitrogens with one attached hydrogen (secondary N) is 1. The predicted molar refractivity (Wildman–Crippen MR) is 59.1 cm³/mol. The van der Waals surface area contributed by atoms with E-state index < -0.39 is 6.09 Å². The highest BCUT2D eigenvalue weighted by molar-refractivity contribution is 5.85. The molecule has 16 heavy (non-hydrogen) atoms. The van der Waals surface area contributed by atoms with Crippen molar-refractivity contribution in [2.24, 2.45) is 0 Å². The van der Waals surface area contributed by atoms with Crippen LogP contribution in [0, 0.1) is 0 Å². The van der Waals surface area contributed by atoms with Crippen LogP contribution in [0.2, 0.25) is 0 Å². The highest BCUT2D eigenvalue weighted by atomic mass is 35.5. The number of methoxy groups -OCH3 is 1. The van der Waals surface area contributed by atoms with Crippen LogP contribution < -0.4 is 10.1 Å². The number of amides is 1. The Labute approximate surface area is 98.8 Å². The standard InChI is InChI=1S/C10H11NO4.ClH/c1-14-9-3-2-6(4-8(9)12)7-5-15-10(13)11-7;/h2-4,7,12H,5H2,1H3,(H,11,13);1H/t7-;/m1./s1. The van der Waals surface area contributed by atoms with Crippen molar-refractivity contribution < 1.29 is 19.4 Å². The Morgan fingerprint density at radius 2 is 2.31 bits per heavy atom. The summed E-state index contributed by atoms with van der Waals surface area (Å²) in [6.45, 7) is 0.282. The lowest BCUT2D eigenvalue weighted by Crippen LogP contribution is -2.18. The van der Waals surface area contributed by atoms with Crippen LogP contribution in [0.25, 0.3) is 0 Å². The Morgan fingerprint density at radius 3 is 2.81 bits per heavy atom. The SMILES string of the molecule is COc1ccc([C@H]2COC(=O)N2)cc1O.Cl. The number of alkyl carbamates (subject to hydrolysis) is 1. The maximum absolute atomic E-state index is 10.8. The van der Waals surface area contributed by atoms with Gasteiger partial charge in [0.1, 0.15) is 6.61 Å². The van der Waals surface area contributed by atoms with Crippen molar-refractivity contribution in [1.82, 2.24) is 5.32 Å². The molecule has 1 fully saturated rings. The number of carbonyl (C=O) groups excluding carboxylic acids is 1. The van der Waals surface area contributed by atoms with Gasteiger partial charge in [0.15, 0.2) is 11.5 Å². The predicted octanol–water partition coefficient (Wildman–Crippen LogP) is 1.60. The van der Waals surface area contributed by atoms with Crippen LogP contribution in [-0.2, 0) is 4.74 Å². The zero-order valence-electron chi connectivity index (χ0n) is 8.60. The molecule has 0 bridgehead atoms. The molecule has 1 heterocycles. The van der Waals surface area contributed by atoms with Crippen molar-refractivity contribution in [1.29, 1.82) is 0 Å². The first kappa shape index (κ1) is 12.4. The molecule has 5 nitrogen and oxygen atoms in total. The van der Waals surface area contributed by atoms with Gasteiger partial charge in [0.05, 0.1) is 13.2 Å². The van der Waals surface area contributed by atoms with Crippen LogP contribution in [0.1, 0.15) is 11.6 Å². The summed E-state index contributed by atoms with van der Waals surface area (Å²) in [5.41, 5.74) is 0.791. The largest absolute Gasteiger partial charge is 0.504 e. The van der Waals surface area contributed by atoms with Gasteiger partial charge in [-0.15, -0.1) is 12.4 Å².